The maximum atomic E-state index is 13.1. The number of anilines is 2. The van der Waals surface area contributed by atoms with Crippen molar-refractivity contribution in [2.75, 3.05) is 23.3 Å². The van der Waals surface area contributed by atoms with Gasteiger partial charge in [0.1, 0.15) is 0 Å². The molecule has 3 rings (SSSR count). The first-order valence-corrected chi connectivity index (χ1v) is 8.86. The van der Waals surface area contributed by atoms with Gasteiger partial charge in [0.25, 0.3) is 5.91 Å². The second-order valence-electron chi connectivity index (χ2n) is 6.79. The molecule has 29 heavy (non-hydrogen) atoms. The molecule has 1 amide bonds. The Labute approximate surface area is 180 Å². The summed E-state index contributed by atoms with van der Waals surface area (Å²) in [5.74, 6) is -0.428. The minimum absolute atomic E-state index is 0. The molecule has 0 atom stereocenters. The van der Waals surface area contributed by atoms with E-state index in [2.05, 4.69) is 10.2 Å². The number of nitrogens with two attached hydrogens (primary N) is 1. The average molecular weight is 450 g/mol. The van der Waals surface area contributed by atoms with Crippen LogP contribution in [0.15, 0.2) is 36.4 Å². The number of alkyl halides is 3. The molecule has 1 aliphatic rings. The van der Waals surface area contributed by atoms with Crippen LogP contribution < -0.4 is 16.0 Å². The highest BCUT2D eigenvalue weighted by atomic mass is 35.5. The highest BCUT2D eigenvalue weighted by Gasteiger charge is 2.31. The Hall–Kier alpha value is -1.96. The lowest BCUT2D eigenvalue weighted by Crippen LogP contribution is -2.23. The molecule has 0 bridgehead atoms. The van der Waals surface area contributed by atoms with Crippen LogP contribution in [0.25, 0.3) is 0 Å². The van der Waals surface area contributed by atoms with Gasteiger partial charge in [-0.25, -0.2) is 0 Å². The van der Waals surface area contributed by atoms with E-state index in [9.17, 15) is 18.0 Å². The first kappa shape index (κ1) is 25.1. The molecule has 2 aromatic rings. The van der Waals surface area contributed by atoms with Crippen molar-refractivity contribution < 1.29 is 18.0 Å². The Kier molecular flexibility index (Phi) is 8.81. The van der Waals surface area contributed by atoms with Crippen LogP contribution in [0, 0.1) is 6.92 Å². The van der Waals surface area contributed by atoms with Gasteiger partial charge in [-0.1, -0.05) is 11.6 Å². The fourth-order valence-corrected chi connectivity index (χ4v) is 3.31. The summed E-state index contributed by atoms with van der Waals surface area (Å²) < 4.78 is 39.3. The van der Waals surface area contributed by atoms with E-state index < -0.39 is 17.6 Å². The van der Waals surface area contributed by atoms with E-state index in [1.165, 1.54) is 6.07 Å². The molecule has 2 aromatic carbocycles. The number of rotatable bonds is 4. The SMILES string of the molecule is Cc1ccc(N2CCCC2)c(C(=O)Nc2cc(CN)cc(C(F)(F)F)c2)c1.Cl.Cl. The van der Waals surface area contributed by atoms with Gasteiger partial charge >= 0.3 is 6.18 Å². The smallest absolute Gasteiger partial charge is 0.371 e. The summed E-state index contributed by atoms with van der Waals surface area (Å²) in [4.78, 5) is 15.0. The van der Waals surface area contributed by atoms with Gasteiger partial charge in [0.2, 0.25) is 0 Å². The van der Waals surface area contributed by atoms with Gasteiger partial charge in [0, 0.05) is 31.0 Å². The van der Waals surface area contributed by atoms with Gasteiger partial charge in [-0.2, -0.15) is 13.2 Å². The van der Waals surface area contributed by atoms with Crippen LogP contribution in [-0.2, 0) is 12.7 Å². The van der Waals surface area contributed by atoms with E-state index in [-0.39, 0.29) is 37.0 Å². The van der Waals surface area contributed by atoms with Crippen molar-refractivity contribution in [1.29, 1.82) is 0 Å². The topological polar surface area (TPSA) is 58.4 Å². The van der Waals surface area contributed by atoms with Crippen LogP contribution in [0.3, 0.4) is 0 Å². The van der Waals surface area contributed by atoms with Crippen LogP contribution in [0.2, 0.25) is 0 Å². The normalized spacial score (nSPS) is 13.5. The molecule has 1 heterocycles. The fraction of sp³-hybridized carbons (Fsp3) is 0.350. The van der Waals surface area contributed by atoms with Crippen LogP contribution in [0.4, 0.5) is 24.5 Å². The number of halogens is 5. The Morgan fingerprint density at radius 2 is 1.76 bits per heavy atom. The molecule has 3 N–H and O–H groups in total. The lowest BCUT2D eigenvalue weighted by atomic mass is 10.1. The molecule has 0 aromatic heterocycles. The summed E-state index contributed by atoms with van der Waals surface area (Å²) in [6, 6.07) is 8.99. The Bertz CT molecular complexity index is 853. The third kappa shape index (κ3) is 6.01. The minimum atomic E-state index is -4.51. The minimum Gasteiger partial charge on any atom is -0.371 e. The van der Waals surface area contributed by atoms with E-state index in [1.54, 1.807) is 6.07 Å². The summed E-state index contributed by atoms with van der Waals surface area (Å²) in [5.41, 5.74) is 7.26. The summed E-state index contributed by atoms with van der Waals surface area (Å²) in [7, 11) is 0. The van der Waals surface area contributed by atoms with Gasteiger partial charge in [0.15, 0.2) is 0 Å². The van der Waals surface area contributed by atoms with Crippen LogP contribution in [0.1, 0.15) is 39.9 Å². The molecule has 0 saturated carbocycles. The van der Waals surface area contributed by atoms with Gasteiger partial charge < -0.3 is 16.0 Å². The molecule has 0 unspecified atom stereocenters. The lowest BCUT2D eigenvalue weighted by molar-refractivity contribution is -0.137. The molecule has 1 fully saturated rings. The molecular weight excluding hydrogens is 426 g/mol. The van der Waals surface area contributed by atoms with Crippen molar-refractivity contribution in [3.63, 3.8) is 0 Å². The quantitative estimate of drug-likeness (QED) is 0.676. The predicted molar refractivity (Wildman–Crippen MR) is 114 cm³/mol. The number of aryl methyl sites for hydroxylation is 1. The highest BCUT2D eigenvalue weighted by Crippen LogP contribution is 2.32. The van der Waals surface area contributed by atoms with Gasteiger partial charge in [-0.15, -0.1) is 24.8 Å². The summed E-state index contributed by atoms with van der Waals surface area (Å²) in [6.07, 6.45) is -2.39. The second-order valence-corrected chi connectivity index (χ2v) is 6.79. The highest BCUT2D eigenvalue weighted by molar-refractivity contribution is 6.08. The Morgan fingerprint density at radius 1 is 1.10 bits per heavy atom. The molecule has 160 valence electrons. The number of carbonyl (C=O) groups is 1. The Morgan fingerprint density at radius 3 is 2.34 bits per heavy atom. The van der Waals surface area contributed by atoms with Gasteiger partial charge in [0.05, 0.1) is 11.1 Å². The molecule has 0 radical (unpaired) electrons. The monoisotopic (exact) mass is 449 g/mol. The van der Waals surface area contributed by atoms with E-state index in [4.69, 9.17) is 5.73 Å². The summed E-state index contributed by atoms with van der Waals surface area (Å²) in [5, 5.41) is 2.62. The van der Waals surface area contributed by atoms with Crippen molar-refractivity contribution >= 4 is 42.1 Å². The van der Waals surface area contributed by atoms with Crippen LogP contribution in [-0.4, -0.2) is 19.0 Å². The zero-order chi connectivity index (χ0) is 19.6. The first-order chi connectivity index (χ1) is 12.8. The zero-order valence-electron chi connectivity index (χ0n) is 15.9. The van der Waals surface area contributed by atoms with E-state index >= 15 is 0 Å². The lowest BCUT2D eigenvalue weighted by Gasteiger charge is -2.21. The second kappa shape index (κ2) is 10.2. The molecule has 0 spiro atoms. The van der Waals surface area contributed by atoms with Crippen molar-refractivity contribution in [2.24, 2.45) is 5.73 Å². The van der Waals surface area contributed by atoms with E-state index in [0.29, 0.717) is 11.1 Å². The number of hydrogen-bond donors (Lipinski definition) is 2. The predicted octanol–water partition coefficient (Wildman–Crippen LogP) is 5.17. The third-order valence-corrected chi connectivity index (χ3v) is 4.66. The fourth-order valence-electron chi connectivity index (χ4n) is 3.31. The average Bonchev–Trinajstić information content (AvgIpc) is 3.15. The first-order valence-electron chi connectivity index (χ1n) is 8.86. The third-order valence-electron chi connectivity index (χ3n) is 4.66. The maximum absolute atomic E-state index is 13.1. The zero-order valence-corrected chi connectivity index (χ0v) is 17.5. The van der Waals surface area contributed by atoms with Crippen LogP contribution >= 0.6 is 24.8 Å². The molecular formula is C20H24Cl2F3N3O. The van der Waals surface area contributed by atoms with Gasteiger partial charge in [-0.05, 0) is 55.7 Å². The van der Waals surface area contributed by atoms with E-state index in [0.717, 1.165) is 49.3 Å². The number of nitrogens with one attached hydrogen (secondary N) is 1. The molecule has 1 saturated heterocycles. The largest absolute Gasteiger partial charge is 0.416 e. The number of carbonyl (C=O) groups excluding carboxylic acids is 1. The summed E-state index contributed by atoms with van der Waals surface area (Å²) >= 11 is 0. The summed E-state index contributed by atoms with van der Waals surface area (Å²) in [6.45, 7) is 3.56. The maximum Gasteiger partial charge on any atom is 0.416 e. The van der Waals surface area contributed by atoms with Crippen LogP contribution in [0.5, 0.6) is 0 Å². The van der Waals surface area contributed by atoms with Gasteiger partial charge in [-0.3, -0.25) is 4.79 Å². The standard InChI is InChI=1S/C20H22F3N3O.2ClH/c1-13-4-5-18(26-6-2-3-7-26)17(8-13)19(27)25-16-10-14(12-24)9-15(11-16)20(21,22)23;;/h4-5,8-11H,2-3,6-7,12,24H2,1H3,(H,25,27);2*1H. The number of amides is 1. The number of nitrogens with zero attached hydrogens (tertiary/aromatic N) is 1. The molecule has 1 aliphatic heterocycles. The van der Waals surface area contributed by atoms with Crippen molar-refractivity contribution in [1.82, 2.24) is 0 Å². The number of hydrogen-bond acceptors (Lipinski definition) is 3. The molecule has 0 aliphatic carbocycles. The number of benzene rings is 2. The van der Waals surface area contributed by atoms with Crippen molar-refractivity contribution in [3.8, 4) is 0 Å². The van der Waals surface area contributed by atoms with E-state index in [1.807, 2.05) is 19.1 Å². The van der Waals surface area contributed by atoms with Crippen molar-refractivity contribution in [3.05, 3.63) is 58.7 Å². The Balaban J connectivity index is 0.00000210. The molecule has 4 nitrogen and oxygen atoms in total. The molecule has 9 heteroatoms. The van der Waals surface area contributed by atoms with Crippen molar-refractivity contribution in [2.45, 2.75) is 32.5 Å².